The quantitative estimate of drug-likeness (QED) is 0.455. The molecule has 1 N–H and O–H groups in total. The molecule has 0 amide bonds. The summed E-state index contributed by atoms with van der Waals surface area (Å²) >= 11 is 13.2. The van der Waals surface area contributed by atoms with Gasteiger partial charge in [-0.25, -0.2) is 0 Å². The van der Waals surface area contributed by atoms with Crippen molar-refractivity contribution >= 4 is 46.4 Å². The lowest BCUT2D eigenvalue weighted by molar-refractivity contribution is 0.935. The summed E-state index contributed by atoms with van der Waals surface area (Å²) in [6, 6.07) is 18.1. The van der Waals surface area contributed by atoms with E-state index >= 15 is 0 Å². The van der Waals surface area contributed by atoms with Crippen molar-refractivity contribution in [3.8, 4) is 0 Å². The van der Waals surface area contributed by atoms with Crippen molar-refractivity contribution < 1.29 is 0 Å². The summed E-state index contributed by atoms with van der Waals surface area (Å²) in [7, 11) is 0. The fraction of sp³-hybridized carbons (Fsp3) is 0.235. The molecule has 0 aliphatic carbocycles. The number of para-hydroxylation sites is 1. The Hall–Kier alpha value is -1.23. The first-order valence-corrected chi connectivity index (χ1v) is 8.96. The van der Waals surface area contributed by atoms with Gasteiger partial charge in [-0.15, -0.1) is 11.8 Å². The molecular formula is C17H19ClN2S2. The molecule has 0 spiro atoms. The zero-order valence-corrected chi connectivity index (χ0v) is 14.8. The minimum atomic E-state index is 0.769. The van der Waals surface area contributed by atoms with Crippen LogP contribution in [-0.2, 0) is 0 Å². The predicted molar refractivity (Wildman–Crippen MR) is 102 cm³/mol. The number of nitrogens with zero attached hydrogens (tertiary/aromatic N) is 1. The number of rotatable bonds is 6. The van der Waals surface area contributed by atoms with Gasteiger partial charge in [0, 0.05) is 34.4 Å². The van der Waals surface area contributed by atoms with Crippen LogP contribution in [-0.4, -0.2) is 24.0 Å². The molecule has 0 aliphatic rings. The average Bonchev–Trinajstić information content (AvgIpc) is 2.55. The number of nitrogens with one attached hydrogen (secondary N) is 1. The van der Waals surface area contributed by atoms with Gasteiger partial charge in [-0.1, -0.05) is 29.8 Å². The third kappa shape index (κ3) is 5.20. The van der Waals surface area contributed by atoms with Crippen LogP contribution in [0.1, 0.15) is 6.92 Å². The van der Waals surface area contributed by atoms with Crippen molar-refractivity contribution in [3.63, 3.8) is 0 Å². The van der Waals surface area contributed by atoms with Crippen LogP contribution in [0.25, 0.3) is 0 Å². The molecule has 0 atom stereocenters. The zero-order valence-electron chi connectivity index (χ0n) is 12.5. The topological polar surface area (TPSA) is 15.3 Å². The van der Waals surface area contributed by atoms with Gasteiger partial charge in [0.1, 0.15) is 0 Å². The van der Waals surface area contributed by atoms with Gasteiger partial charge in [0.15, 0.2) is 5.11 Å². The Balaban J connectivity index is 1.78. The Bertz CT molecular complexity index is 587. The van der Waals surface area contributed by atoms with E-state index in [2.05, 4.69) is 29.3 Å². The van der Waals surface area contributed by atoms with Crippen LogP contribution in [0, 0.1) is 0 Å². The molecule has 0 unspecified atom stereocenters. The molecule has 0 aliphatic heterocycles. The van der Waals surface area contributed by atoms with Gasteiger partial charge in [0.05, 0.1) is 0 Å². The summed E-state index contributed by atoms with van der Waals surface area (Å²) in [5.41, 5.74) is 1.12. The fourth-order valence-corrected chi connectivity index (χ4v) is 3.24. The predicted octanol–water partition coefficient (Wildman–Crippen LogP) is 4.83. The fourth-order valence-electron chi connectivity index (χ4n) is 2.00. The molecule has 2 aromatic carbocycles. The summed E-state index contributed by atoms with van der Waals surface area (Å²) in [6.45, 7) is 3.78. The van der Waals surface area contributed by atoms with Crippen molar-refractivity contribution in [1.29, 1.82) is 0 Å². The zero-order chi connectivity index (χ0) is 15.8. The highest BCUT2D eigenvalue weighted by molar-refractivity contribution is 7.99. The monoisotopic (exact) mass is 350 g/mol. The maximum absolute atomic E-state index is 5.88. The van der Waals surface area contributed by atoms with Gasteiger partial charge >= 0.3 is 0 Å². The molecule has 2 aromatic rings. The third-order valence-corrected chi connectivity index (χ3v) is 4.72. The number of anilines is 1. The molecular weight excluding hydrogens is 332 g/mol. The highest BCUT2D eigenvalue weighted by Crippen LogP contribution is 2.19. The van der Waals surface area contributed by atoms with E-state index in [9.17, 15) is 0 Å². The largest absolute Gasteiger partial charge is 0.361 e. The summed E-state index contributed by atoms with van der Waals surface area (Å²) in [5, 5.41) is 4.86. The summed E-state index contributed by atoms with van der Waals surface area (Å²) < 4.78 is 0. The molecule has 0 radical (unpaired) electrons. The number of thiocarbonyl (C=S) groups is 1. The second kappa shape index (κ2) is 9.03. The lowest BCUT2D eigenvalue weighted by atomic mass is 10.3. The van der Waals surface area contributed by atoms with Crippen LogP contribution < -0.4 is 10.2 Å². The average molecular weight is 351 g/mol. The molecule has 22 heavy (non-hydrogen) atoms. The molecule has 0 saturated heterocycles. The molecule has 2 nitrogen and oxygen atoms in total. The third-order valence-electron chi connectivity index (χ3n) is 3.09. The molecule has 0 bridgehead atoms. The Labute approximate surface area is 146 Å². The molecule has 5 heteroatoms. The SMILES string of the molecule is CCN(C(=S)NCCSc1ccc(Cl)cc1)c1ccccc1. The minimum absolute atomic E-state index is 0.769. The van der Waals surface area contributed by atoms with Crippen LogP contribution >= 0.6 is 35.6 Å². The minimum Gasteiger partial charge on any atom is -0.361 e. The summed E-state index contributed by atoms with van der Waals surface area (Å²) in [5.74, 6) is 0.952. The normalized spacial score (nSPS) is 10.3. The first-order chi connectivity index (χ1) is 10.7. The molecule has 0 saturated carbocycles. The Morgan fingerprint density at radius 1 is 1.14 bits per heavy atom. The van der Waals surface area contributed by atoms with E-state index in [0.717, 1.165) is 34.7 Å². The molecule has 2 rings (SSSR count). The maximum atomic E-state index is 5.88. The second-order valence-electron chi connectivity index (χ2n) is 4.61. The van der Waals surface area contributed by atoms with Gasteiger partial charge in [0.25, 0.3) is 0 Å². The standard InChI is InChI=1S/C17H19ClN2S2/c1-2-20(15-6-4-3-5-7-15)17(21)19-12-13-22-16-10-8-14(18)9-11-16/h3-11H,2,12-13H2,1H3,(H,19,21). The second-order valence-corrected chi connectivity index (χ2v) is 6.61. The number of halogens is 1. The van der Waals surface area contributed by atoms with Gasteiger partial charge in [-0.05, 0) is 55.5 Å². The Kier molecular flexibility index (Phi) is 7.03. The van der Waals surface area contributed by atoms with Crippen molar-refractivity contribution in [1.82, 2.24) is 5.32 Å². The highest BCUT2D eigenvalue weighted by atomic mass is 35.5. The first kappa shape index (κ1) is 17.1. The van der Waals surface area contributed by atoms with E-state index in [1.165, 1.54) is 4.90 Å². The number of benzene rings is 2. The lowest BCUT2D eigenvalue weighted by Gasteiger charge is -2.24. The van der Waals surface area contributed by atoms with Crippen LogP contribution in [0.2, 0.25) is 5.02 Å². The van der Waals surface area contributed by atoms with E-state index in [1.807, 2.05) is 42.5 Å². The summed E-state index contributed by atoms with van der Waals surface area (Å²) in [4.78, 5) is 3.31. The van der Waals surface area contributed by atoms with Crippen molar-refractivity contribution in [3.05, 3.63) is 59.6 Å². The van der Waals surface area contributed by atoms with Crippen molar-refractivity contribution in [2.45, 2.75) is 11.8 Å². The van der Waals surface area contributed by atoms with Gasteiger partial charge < -0.3 is 10.2 Å². The Morgan fingerprint density at radius 3 is 2.45 bits per heavy atom. The van der Waals surface area contributed by atoms with E-state index in [1.54, 1.807) is 11.8 Å². The molecule has 0 heterocycles. The van der Waals surface area contributed by atoms with Gasteiger partial charge in [0.2, 0.25) is 0 Å². The van der Waals surface area contributed by atoms with E-state index < -0.39 is 0 Å². The highest BCUT2D eigenvalue weighted by Gasteiger charge is 2.08. The van der Waals surface area contributed by atoms with E-state index in [4.69, 9.17) is 23.8 Å². The lowest BCUT2D eigenvalue weighted by Crippen LogP contribution is -2.40. The number of thioether (sulfide) groups is 1. The van der Waals surface area contributed by atoms with Crippen molar-refractivity contribution in [2.24, 2.45) is 0 Å². The van der Waals surface area contributed by atoms with E-state index in [0.29, 0.717) is 0 Å². The summed E-state index contributed by atoms with van der Waals surface area (Å²) in [6.07, 6.45) is 0. The van der Waals surface area contributed by atoms with Crippen molar-refractivity contribution in [2.75, 3.05) is 23.7 Å². The maximum Gasteiger partial charge on any atom is 0.173 e. The van der Waals surface area contributed by atoms with Crippen LogP contribution in [0.4, 0.5) is 5.69 Å². The first-order valence-electron chi connectivity index (χ1n) is 7.19. The molecule has 116 valence electrons. The van der Waals surface area contributed by atoms with Gasteiger partial charge in [-0.3, -0.25) is 0 Å². The number of hydrogen-bond donors (Lipinski definition) is 1. The van der Waals surface area contributed by atoms with Crippen LogP contribution in [0.15, 0.2) is 59.5 Å². The smallest absolute Gasteiger partial charge is 0.173 e. The van der Waals surface area contributed by atoms with Crippen LogP contribution in [0.5, 0.6) is 0 Å². The number of hydrogen-bond acceptors (Lipinski definition) is 2. The van der Waals surface area contributed by atoms with E-state index in [-0.39, 0.29) is 0 Å². The van der Waals surface area contributed by atoms with Crippen LogP contribution in [0.3, 0.4) is 0 Å². The molecule has 0 fully saturated rings. The Morgan fingerprint density at radius 2 is 1.82 bits per heavy atom. The molecule has 0 aromatic heterocycles. The van der Waals surface area contributed by atoms with Gasteiger partial charge in [-0.2, -0.15) is 0 Å².